The second-order valence-electron chi connectivity index (χ2n) is 25.6. The first-order valence-electron chi connectivity index (χ1n) is 36.6. The van der Waals surface area contributed by atoms with Crippen molar-refractivity contribution in [2.45, 2.75) is 328 Å². The average Bonchev–Trinajstić information content (AvgIpc) is 3.68. The van der Waals surface area contributed by atoms with Gasteiger partial charge >= 0.3 is 11.9 Å². The normalized spacial score (nSPS) is 13.8. The molecule has 0 amide bonds. The van der Waals surface area contributed by atoms with Gasteiger partial charge in [-0.25, -0.2) is 0 Å². The van der Waals surface area contributed by atoms with Crippen LogP contribution in [0.25, 0.3) is 0 Å². The molecule has 88 heavy (non-hydrogen) atoms. The molecule has 0 aromatic heterocycles. The van der Waals surface area contributed by atoms with Crippen molar-refractivity contribution in [3.63, 3.8) is 0 Å². The first kappa shape index (κ1) is 84.7. The van der Waals surface area contributed by atoms with Crippen LogP contribution in [0.5, 0.6) is 0 Å². The lowest BCUT2D eigenvalue weighted by atomic mass is 10.0. The van der Waals surface area contributed by atoms with E-state index < -0.39 is 26.5 Å². The molecule has 0 aromatic carbocycles. The van der Waals surface area contributed by atoms with Crippen molar-refractivity contribution in [3.05, 3.63) is 109 Å². The minimum absolute atomic E-state index is 0.0355. The quantitative estimate of drug-likeness (QED) is 0.0195. The van der Waals surface area contributed by atoms with Crippen molar-refractivity contribution in [2.75, 3.05) is 47.5 Å². The van der Waals surface area contributed by atoms with Crippen LogP contribution in [-0.2, 0) is 32.7 Å². The van der Waals surface area contributed by atoms with Gasteiger partial charge in [0.1, 0.15) is 19.8 Å². The highest BCUT2D eigenvalue weighted by molar-refractivity contribution is 7.45. The molecule has 2 atom stereocenters. The van der Waals surface area contributed by atoms with Crippen LogP contribution >= 0.6 is 7.82 Å². The van der Waals surface area contributed by atoms with E-state index in [0.717, 1.165) is 96.3 Å². The zero-order valence-electron chi connectivity index (χ0n) is 57.9. The SMILES string of the molecule is CC/C=C\C/C=C\C/C=C\C/C=C\C/C=C\C/C=C\C/C=C\CCCCCCCCCCCC(=O)OC(COC(=O)CCCCCCCCCCCCCCCCCCCCCCC/C=C\C/C=C\CCCCCCC)COP(=O)([O-])OCC[N+](C)(C)C. The van der Waals surface area contributed by atoms with E-state index in [9.17, 15) is 19.0 Å². The Morgan fingerprint density at radius 1 is 0.364 bits per heavy atom. The topological polar surface area (TPSA) is 111 Å². The largest absolute Gasteiger partial charge is 0.756 e. The summed E-state index contributed by atoms with van der Waals surface area (Å²) in [4.78, 5) is 38.1. The van der Waals surface area contributed by atoms with Gasteiger partial charge in [-0.3, -0.25) is 14.2 Å². The highest BCUT2D eigenvalue weighted by Crippen LogP contribution is 2.38. The van der Waals surface area contributed by atoms with Crippen LogP contribution in [0, 0.1) is 0 Å². The Hall–Kier alpha value is -3.33. The van der Waals surface area contributed by atoms with Crippen LogP contribution in [-0.4, -0.2) is 70.0 Å². The highest BCUT2D eigenvalue weighted by atomic mass is 31.2. The molecule has 0 fully saturated rings. The maximum atomic E-state index is 12.9. The number of hydrogen-bond acceptors (Lipinski definition) is 8. The van der Waals surface area contributed by atoms with E-state index in [0.29, 0.717) is 17.4 Å². The molecular formula is C78H138NO8P. The van der Waals surface area contributed by atoms with Crippen molar-refractivity contribution in [1.82, 2.24) is 0 Å². The number of rotatable bonds is 67. The summed E-state index contributed by atoms with van der Waals surface area (Å²) in [6.07, 6.45) is 96.1. The van der Waals surface area contributed by atoms with E-state index in [-0.39, 0.29) is 32.0 Å². The second kappa shape index (κ2) is 68.0. The van der Waals surface area contributed by atoms with Gasteiger partial charge in [0.15, 0.2) is 6.10 Å². The number of allylic oxidation sites excluding steroid dienone is 18. The van der Waals surface area contributed by atoms with Gasteiger partial charge in [0, 0.05) is 12.8 Å². The maximum Gasteiger partial charge on any atom is 0.306 e. The summed E-state index contributed by atoms with van der Waals surface area (Å²) in [6, 6.07) is 0. The molecule has 0 bridgehead atoms. The smallest absolute Gasteiger partial charge is 0.306 e. The fourth-order valence-electron chi connectivity index (χ4n) is 10.2. The third-order valence-corrected chi connectivity index (χ3v) is 16.7. The van der Waals surface area contributed by atoms with Crippen LogP contribution in [0.3, 0.4) is 0 Å². The molecule has 508 valence electrons. The third-order valence-electron chi connectivity index (χ3n) is 15.8. The minimum atomic E-state index is -4.65. The number of quaternary nitrogens is 1. The van der Waals surface area contributed by atoms with Crippen LogP contribution in [0.15, 0.2) is 109 Å². The van der Waals surface area contributed by atoms with E-state index in [4.69, 9.17) is 18.5 Å². The number of carbonyl (C=O) groups is 2. The number of likely N-dealkylation sites (N-methyl/N-ethyl adjacent to an activating group) is 1. The molecule has 0 saturated heterocycles. The van der Waals surface area contributed by atoms with E-state index >= 15 is 0 Å². The van der Waals surface area contributed by atoms with Crippen LogP contribution in [0.1, 0.15) is 322 Å². The Bertz CT molecular complexity index is 1850. The second-order valence-corrected chi connectivity index (χ2v) is 27.0. The molecule has 0 rings (SSSR count). The number of phosphoric acid groups is 1. The van der Waals surface area contributed by atoms with E-state index in [1.807, 2.05) is 21.1 Å². The van der Waals surface area contributed by atoms with Crippen molar-refractivity contribution >= 4 is 19.8 Å². The summed E-state index contributed by atoms with van der Waals surface area (Å²) in [6.45, 7) is 4.14. The Kier molecular flexibility index (Phi) is 65.5. The van der Waals surface area contributed by atoms with Gasteiger partial charge in [-0.1, -0.05) is 316 Å². The van der Waals surface area contributed by atoms with Gasteiger partial charge in [-0.2, -0.15) is 0 Å². The molecule has 10 heteroatoms. The van der Waals surface area contributed by atoms with Crippen molar-refractivity contribution < 1.29 is 42.1 Å². The maximum absolute atomic E-state index is 12.9. The van der Waals surface area contributed by atoms with E-state index in [1.165, 1.54) is 193 Å². The summed E-state index contributed by atoms with van der Waals surface area (Å²) in [5, 5.41) is 0. The first-order valence-corrected chi connectivity index (χ1v) is 38.1. The monoisotopic (exact) mass is 1250 g/mol. The summed E-state index contributed by atoms with van der Waals surface area (Å²) in [7, 11) is 1.16. The lowest BCUT2D eigenvalue weighted by Crippen LogP contribution is -2.37. The van der Waals surface area contributed by atoms with Gasteiger partial charge < -0.3 is 27.9 Å². The number of phosphoric ester groups is 1. The summed E-state index contributed by atoms with van der Waals surface area (Å²) >= 11 is 0. The predicted molar refractivity (Wildman–Crippen MR) is 378 cm³/mol. The molecule has 0 aliphatic heterocycles. The molecule has 9 nitrogen and oxygen atoms in total. The molecule has 0 aliphatic rings. The molecule has 0 aliphatic carbocycles. The first-order chi connectivity index (χ1) is 43.0. The standard InChI is InChI=1S/C78H138NO8P/c1-6-8-10-12-14-16-18-20-22-24-26-28-30-32-34-36-38-39-41-42-44-46-48-50-52-54-56-58-60-62-64-66-68-70-77(80)84-74-76(75-86-88(82,83)85-73-72-79(3,4)5)87-78(81)71-69-67-65-63-61-59-57-55-53-51-49-47-45-43-40-37-35-33-31-29-27-25-23-21-19-17-15-13-11-9-7-2/h9,11,15,17-18,20-21,23-24,26-27,29,33,35,40,43,47,49,76H,6-8,10,12-14,16,19,22,25,28,30-32,34,36-39,41-42,44-46,48,50-75H2,1-5H3/b11-9-,17-15-,20-18-,23-21-,26-24-,29-27-,35-33-,43-40-,49-47-. The lowest BCUT2D eigenvalue weighted by molar-refractivity contribution is -0.870. The zero-order chi connectivity index (χ0) is 64.1. The van der Waals surface area contributed by atoms with Crippen molar-refractivity contribution in [2.24, 2.45) is 0 Å². The number of esters is 2. The predicted octanol–water partition coefficient (Wildman–Crippen LogP) is 23.4. The Morgan fingerprint density at radius 3 is 0.966 bits per heavy atom. The molecule has 0 spiro atoms. The Morgan fingerprint density at radius 2 is 0.648 bits per heavy atom. The molecule has 0 aromatic rings. The summed E-state index contributed by atoms with van der Waals surface area (Å²) in [5.74, 6) is -0.833. The molecule has 0 heterocycles. The molecule has 0 saturated carbocycles. The van der Waals surface area contributed by atoms with Gasteiger partial charge in [-0.15, -0.1) is 0 Å². The molecule has 0 radical (unpaired) electrons. The fourth-order valence-corrected chi connectivity index (χ4v) is 10.9. The van der Waals surface area contributed by atoms with Crippen LogP contribution in [0.4, 0.5) is 0 Å². The number of unbranched alkanes of at least 4 members (excludes halogenated alkanes) is 35. The van der Waals surface area contributed by atoms with Crippen molar-refractivity contribution in [1.29, 1.82) is 0 Å². The molecular weight excluding hydrogens is 1110 g/mol. The van der Waals surface area contributed by atoms with Gasteiger partial charge in [-0.05, 0) is 103 Å². The number of nitrogens with zero attached hydrogens (tertiary/aromatic N) is 1. The highest BCUT2D eigenvalue weighted by Gasteiger charge is 2.22. The summed E-state index contributed by atoms with van der Waals surface area (Å²) < 4.78 is 34.3. The molecule has 2 unspecified atom stereocenters. The van der Waals surface area contributed by atoms with Gasteiger partial charge in [0.25, 0.3) is 7.82 Å². The van der Waals surface area contributed by atoms with E-state index in [2.05, 4.69) is 123 Å². The molecule has 0 N–H and O–H groups in total. The zero-order valence-corrected chi connectivity index (χ0v) is 58.8. The van der Waals surface area contributed by atoms with Crippen molar-refractivity contribution in [3.8, 4) is 0 Å². The lowest BCUT2D eigenvalue weighted by Gasteiger charge is -2.28. The summed E-state index contributed by atoms with van der Waals surface area (Å²) in [5.41, 5.74) is 0. The number of carbonyl (C=O) groups excluding carboxylic acids is 2. The van der Waals surface area contributed by atoms with Gasteiger partial charge in [0.05, 0.1) is 27.7 Å². The number of ether oxygens (including phenoxy) is 2. The van der Waals surface area contributed by atoms with Gasteiger partial charge in [0.2, 0.25) is 0 Å². The fraction of sp³-hybridized carbons (Fsp3) is 0.744. The Labute approximate surface area is 544 Å². The Balaban J connectivity index is 4.04. The van der Waals surface area contributed by atoms with Crippen LogP contribution in [0.2, 0.25) is 0 Å². The number of hydrogen-bond donors (Lipinski definition) is 0. The van der Waals surface area contributed by atoms with E-state index in [1.54, 1.807) is 0 Å². The third kappa shape index (κ3) is 71.7. The average molecular weight is 1250 g/mol. The minimum Gasteiger partial charge on any atom is -0.756 e. The van der Waals surface area contributed by atoms with Crippen LogP contribution < -0.4 is 4.89 Å².